The zero-order chi connectivity index (χ0) is 12.8. The summed E-state index contributed by atoms with van der Waals surface area (Å²) in [5.41, 5.74) is 0.552. The van der Waals surface area contributed by atoms with Gasteiger partial charge < -0.3 is 5.11 Å². The van der Waals surface area contributed by atoms with Gasteiger partial charge in [-0.1, -0.05) is 26.7 Å². The van der Waals surface area contributed by atoms with E-state index in [1.807, 2.05) is 0 Å². The second-order valence-electron chi connectivity index (χ2n) is 7.77. The average Bonchev–Trinajstić information content (AvgIpc) is 2.27. The molecule has 0 aromatic heterocycles. The summed E-state index contributed by atoms with van der Waals surface area (Å²) in [6.45, 7) is 4.47. The Morgan fingerprint density at radius 3 is 1.78 bits per heavy atom. The fourth-order valence-electron chi connectivity index (χ4n) is 5.98. The summed E-state index contributed by atoms with van der Waals surface area (Å²) >= 11 is 0. The lowest BCUT2D eigenvalue weighted by molar-refractivity contribution is -0.0838. The van der Waals surface area contributed by atoms with Crippen LogP contribution >= 0.6 is 0 Å². The molecular weight excluding hydrogens is 220 g/mol. The Bertz CT molecular complexity index is 257. The maximum atomic E-state index is 10.6. The van der Waals surface area contributed by atoms with Crippen LogP contribution in [0.1, 0.15) is 71.6 Å². The first-order chi connectivity index (χ1) is 8.64. The minimum atomic E-state index is -0.0313. The van der Waals surface area contributed by atoms with Crippen molar-refractivity contribution in [2.75, 3.05) is 0 Å². The van der Waals surface area contributed by atoms with Gasteiger partial charge >= 0.3 is 0 Å². The summed E-state index contributed by atoms with van der Waals surface area (Å²) in [6.07, 6.45) is 12.2. The summed E-state index contributed by atoms with van der Waals surface area (Å²) in [5, 5.41) is 10.6. The van der Waals surface area contributed by atoms with Crippen LogP contribution in [0.4, 0.5) is 0 Å². The molecule has 0 aliphatic heterocycles. The first-order valence-electron chi connectivity index (χ1n) is 8.32. The third kappa shape index (κ3) is 2.24. The lowest BCUT2D eigenvalue weighted by Gasteiger charge is -2.57. The van der Waals surface area contributed by atoms with Gasteiger partial charge in [0.15, 0.2) is 0 Å². The fraction of sp³-hybridized carbons (Fsp3) is 1.00. The van der Waals surface area contributed by atoms with Crippen molar-refractivity contribution in [1.29, 1.82) is 0 Å². The second kappa shape index (κ2) is 4.81. The van der Waals surface area contributed by atoms with E-state index in [1.165, 1.54) is 38.5 Å². The molecule has 4 rings (SSSR count). The Morgan fingerprint density at radius 1 is 0.944 bits per heavy atom. The van der Waals surface area contributed by atoms with Gasteiger partial charge in [0, 0.05) is 0 Å². The highest BCUT2D eigenvalue weighted by molar-refractivity contribution is 5.02. The van der Waals surface area contributed by atoms with Crippen molar-refractivity contribution < 1.29 is 5.11 Å². The highest BCUT2D eigenvalue weighted by Crippen LogP contribution is 2.61. The maximum absolute atomic E-state index is 10.6. The Labute approximate surface area is 112 Å². The van der Waals surface area contributed by atoms with Gasteiger partial charge in [-0.25, -0.2) is 0 Å². The maximum Gasteiger partial charge on any atom is 0.0573 e. The Morgan fingerprint density at radius 2 is 1.39 bits per heavy atom. The summed E-state index contributed by atoms with van der Waals surface area (Å²) in [7, 11) is 0. The summed E-state index contributed by atoms with van der Waals surface area (Å²) in [4.78, 5) is 0. The van der Waals surface area contributed by atoms with Crippen LogP contribution in [0.25, 0.3) is 0 Å². The molecule has 0 aromatic rings. The van der Waals surface area contributed by atoms with Crippen LogP contribution in [0.2, 0.25) is 0 Å². The van der Waals surface area contributed by atoms with Gasteiger partial charge in [0.25, 0.3) is 0 Å². The SMILES string of the molecule is CCC(CC)C(O)CC12CC3CC(CC(C3)C1)C2. The molecule has 4 aliphatic carbocycles. The van der Waals surface area contributed by atoms with E-state index in [4.69, 9.17) is 0 Å². The molecule has 1 atom stereocenters. The van der Waals surface area contributed by atoms with Gasteiger partial charge in [-0.05, 0) is 74.0 Å². The van der Waals surface area contributed by atoms with E-state index in [9.17, 15) is 5.11 Å². The van der Waals surface area contributed by atoms with Crippen LogP contribution in [0.15, 0.2) is 0 Å². The number of hydrogen-bond donors (Lipinski definition) is 1. The normalized spacial score (nSPS) is 43.7. The van der Waals surface area contributed by atoms with Crippen molar-refractivity contribution in [3.63, 3.8) is 0 Å². The molecule has 0 spiro atoms. The van der Waals surface area contributed by atoms with E-state index in [-0.39, 0.29) is 6.10 Å². The molecule has 0 heterocycles. The molecule has 1 heteroatoms. The van der Waals surface area contributed by atoms with Crippen molar-refractivity contribution in [2.45, 2.75) is 77.7 Å². The highest BCUT2D eigenvalue weighted by atomic mass is 16.3. The summed E-state index contributed by atoms with van der Waals surface area (Å²) in [6, 6.07) is 0. The summed E-state index contributed by atoms with van der Waals surface area (Å²) in [5.74, 6) is 3.60. The predicted molar refractivity (Wildman–Crippen MR) is 75.3 cm³/mol. The number of aliphatic hydroxyl groups is 1. The first-order valence-corrected chi connectivity index (χ1v) is 8.32. The van der Waals surface area contributed by atoms with Gasteiger partial charge in [-0.2, -0.15) is 0 Å². The molecule has 104 valence electrons. The molecule has 1 N–H and O–H groups in total. The highest BCUT2D eigenvalue weighted by Gasteiger charge is 2.51. The molecule has 4 saturated carbocycles. The van der Waals surface area contributed by atoms with Crippen LogP contribution in [0.3, 0.4) is 0 Å². The standard InChI is InChI=1S/C17H30O/c1-3-15(4-2)16(18)11-17-8-12-5-13(9-17)7-14(6-12)10-17/h12-16,18H,3-11H2,1-2H3. The monoisotopic (exact) mass is 250 g/mol. The van der Waals surface area contributed by atoms with Gasteiger partial charge in [-0.3, -0.25) is 0 Å². The lowest BCUT2D eigenvalue weighted by Crippen LogP contribution is -2.47. The molecule has 1 nitrogen and oxygen atoms in total. The van der Waals surface area contributed by atoms with E-state index in [1.54, 1.807) is 0 Å². The van der Waals surface area contributed by atoms with E-state index >= 15 is 0 Å². The van der Waals surface area contributed by atoms with Crippen molar-refractivity contribution in [1.82, 2.24) is 0 Å². The Balaban J connectivity index is 1.68. The third-order valence-electron chi connectivity index (χ3n) is 6.40. The van der Waals surface area contributed by atoms with Crippen molar-refractivity contribution >= 4 is 0 Å². The number of rotatable bonds is 5. The lowest BCUT2D eigenvalue weighted by atomic mass is 9.48. The quantitative estimate of drug-likeness (QED) is 0.767. The van der Waals surface area contributed by atoms with E-state index in [0.717, 1.165) is 37.0 Å². The molecule has 4 aliphatic rings. The fourth-order valence-corrected chi connectivity index (χ4v) is 5.98. The van der Waals surface area contributed by atoms with Crippen LogP contribution < -0.4 is 0 Å². The Hall–Kier alpha value is -0.0400. The van der Waals surface area contributed by atoms with Gasteiger partial charge in [-0.15, -0.1) is 0 Å². The molecule has 4 fully saturated rings. The predicted octanol–water partition coefficient (Wildman–Crippen LogP) is 4.39. The molecule has 0 aromatic carbocycles. The van der Waals surface area contributed by atoms with Gasteiger partial charge in [0.05, 0.1) is 6.10 Å². The molecular formula is C17H30O. The second-order valence-corrected chi connectivity index (χ2v) is 7.77. The topological polar surface area (TPSA) is 20.2 Å². The van der Waals surface area contributed by atoms with Crippen LogP contribution in [0, 0.1) is 29.1 Å². The van der Waals surface area contributed by atoms with Crippen LogP contribution in [0.5, 0.6) is 0 Å². The summed E-state index contributed by atoms with van der Waals surface area (Å²) < 4.78 is 0. The molecule has 0 radical (unpaired) electrons. The average molecular weight is 250 g/mol. The van der Waals surface area contributed by atoms with Gasteiger partial charge in [0.2, 0.25) is 0 Å². The van der Waals surface area contributed by atoms with E-state index in [0.29, 0.717) is 11.3 Å². The third-order valence-corrected chi connectivity index (χ3v) is 6.40. The van der Waals surface area contributed by atoms with Crippen LogP contribution in [-0.4, -0.2) is 11.2 Å². The molecule has 1 unspecified atom stereocenters. The van der Waals surface area contributed by atoms with E-state index < -0.39 is 0 Å². The largest absolute Gasteiger partial charge is 0.393 e. The minimum Gasteiger partial charge on any atom is -0.393 e. The molecule has 4 bridgehead atoms. The van der Waals surface area contributed by atoms with Gasteiger partial charge in [0.1, 0.15) is 0 Å². The molecule has 0 saturated heterocycles. The van der Waals surface area contributed by atoms with Crippen molar-refractivity contribution in [2.24, 2.45) is 29.1 Å². The van der Waals surface area contributed by atoms with Crippen molar-refractivity contribution in [3.05, 3.63) is 0 Å². The molecule has 0 amide bonds. The first kappa shape index (κ1) is 13.0. The smallest absolute Gasteiger partial charge is 0.0573 e. The Kier molecular flexibility index (Phi) is 3.47. The van der Waals surface area contributed by atoms with Crippen LogP contribution in [-0.2, 0) is 0 Å². The number of aliphatic hydroxyl groups excluding tert-OH is 1. The number of hydrogen-bond acceptors (Lipinski definition) is 1. The van der Waals surface area contributed by atoms with Crippen molar-refractivity contribution in [3.8, 4) is 0 Å². The molecule has 18 heavy (non-hydrogen) atoms. The minimum absolute atomic E-state index is 0.0313. The zero-order valence-electron chi connectivity index (χ0n) is 12.2. The van der Waals surface area contributed by atoms with E-state index in [2.05, 4.69) is 13.8 Å². The zero-order valence-corrected chi connectivity index (χ0v) is 12.2.